The lowest BCUT2D eigenvalue weighted by molar-refractivity contribution is -0.133. The third-order valence-corrected chi connectivity index (χ3v) is 7.39. The van der Waals surface area contributed by atoms with Crippen LogP contribution in [0.3, 0.4) is 0 Å². The zero-order valence-corrected chi connectivity index (χ0v) is 17.3. The van der Waals surface area contributed by atoms with Crippen LogP contribution in [0.5, 0.6) is 0 Å². The van der Waals surface area contributed by atoms with E-state index in [1.54, 1.807) is 0 Å². The molecular formula is C21H26N4O2S. The van der Waals surface area contributed by atoms with Gasteiger partial charge in [0.1, 0.15) is 10.7 Å². The second-order valence-corrected chi connectivity index (χ2v) is 9.52. The third kappa shape index (κ3) is 3.30. The molecule has 1 N–H and O–H groups in total. The van der Waals surface area contributed by atoms with Crippen LogP contribution in [0.4, 0.5) is 0 Å². The molecule has 0 spiro atoms. The molecule has 0 radical (unpaired) electrons. The van der Waals surface area contributed by atoms with Crippen molar-refractivity contribution >= 4 is 33.4 Å². The van der Waals surface area contributed by atoms with Gasteiger partial charge in [0.05, 0.1) is 10.6 Å². The summed E-state index contributed by atoms with van der Waals surface area (Å²) in [5.41, 5.74) is 1.96. The molecule has 148 valence electrons. The molecule has 0 unspecified atom stereocenters. The lowest BCUT2D eigenvalue weighted by Crippen LogP contribution is -2.46. The number of aromatic nitrogens is 2. The van der Waals surface area contributed by atoms with Crippen LogP contribution in [0.15, 0.2) is 0 Å². The molecule has 6 nitrogen and oxygen atoms in total. The maximum absolute atomic E-state index is 13.0. The van der Waals surface area contributed by atoms with Gasteiger partial charge in [0.2, 0.25) is 5.91 Å². The number of likely N-dealkylation sites (tertiary alicyclic amines) is 1. The molecule has 2 aromatic heterocycles. The normalized spacial score (nSPS) is 20.6. The number of thiophene rings is 1. The maximum Gasteiger partial charge on any atom is 0.261 e. The molecule has 3 aliphatic rings. The molecule has 3 fully saturated rings. The lowest BCUT2D eigenvalue weighted by Gasteiger charge is -2.32. The topological polar surface area (TPSA) is 75.2 Å². The maximum atomic E-state index is 13.0. The summed E-state index contributed by atoms with van der Waals surface area (Å²) in [6.07, 6.45) is 6.10. The van der Waals surface area contributed by atoms with Crippen LogP contribution in [0.1, 0.15) is 71.2 Å². The van der Waals surface area contributed by atoms with E-state index in [9.17, 15) is 9.59 Å². The van der Waals surface area contributed by atoms with Gasteiger partial charge < -0.3 is 10.2 Å². The summed E-state index contributed by atoms with van der Waals surface area (Å²) >= 11 is 1.48. The Morgan fingerprint density at radius 2 is 1.75 bits per heavy atom. The lowest BCUT2D eigenvalue weighted by atomic mass is 10.0. The van der Waals surface area contributed by atoms with Gasteiger partial charge in [0.25, 0.3) is 5.91 Å². The van der Waals surface area contributed by atoms with E-state index >= 15 is 0 Å². The van der Waals surface area contributed by atoms with Gasteiger partial charge in [-0.15, -0.1) is 11.3 Å². The van der Waals surface area contributed by atoms with E-state index in [0.717, 1.165) is 70.9 Å². The van der Waals surface area contributed by atoms with Crippen LogP contribution in [0.2, 0.25) is 0 Å². The predicted octanol–water partition coefficient (Wildman–Crippen LogP) is 3.32. The first-order valence-corrected chi connectivity index (χ1v) is 11.2. The van der Waals surface area contributed by atoms with Crippen molar-refractivity contribution in [2.24, 2.45) is 5.92 Å². The van der Waals surface area contributed by atoms with Crippen molar-refractivity contribution in [2.45, 2.75) is 64.3 Å². The van der Waals surface area contributed by atoms with Crippen LogP contribution in [0, 0.1) is 19.8 Å². The molecule has 2 aliphatic carbocycles. The van der Waals surface area contributed by atoms with Crippen LogP contribution >= 0.6 is 11.3 Å². The number of amides is 2. The molecule has 1 saturated heterocycles. The van der Waals surface area contributed by atoms with Crippen LogP contribution in [-0.2, 0) is 4.79 Å². The van der Waals surface area contributed by atoms with E-state index in [2.05, 4.69) is 10.3 Å². The fraction of sp³-hybridized carbons (Fsp3) is 0.619. The number of hydrogen-bond acceptors (Lipinski definition) is 5. The zero-order valence-electron chi connectivity index (χ0n) is 16.5. The number of rotatable bonds is 4. The number of fused-ring (bicyclic) bond motifs is 1. The molecular weight excluding hydrogens is 372 g/mol. The molecule has 2 amide bonds. The number of aryl methyl sites for hydroxylation is 2. The number of carbonyl (C=O) groups excluding carboxylic acids is 2. The number of hydrogen-bond donors (Lipinski definition) is 1. The summed E-state index contributed by atoms with van der Waals surface area (Å²) in [5, 5.41) is 4.23. The van der Waals surface area contributed by atoms with E-state index in [0.29, 0.717) is 11.8 Å². The highest BCUT2D eigenvalue weighted by Gasteiger charge is 2.35. The van der Waals surface area contributed by atoms with Gasteiger partial charge in [0.15, 0.2) is 0 Å². The van der Waals surface area contributed by atoms with Gasteiger partial charge in [0, 0.05) is 36.4 Å². The summed E-state index contributed by atoms with van der Waals surface area (Å²) < 4.78 is 0. The molecule has 5 rings (SSSR count). The number of piperidine rings is 1. The van der Waals surface area contributed by atoms with Crippen molar-refractivity contribution in [2.75, 3.05) is 13.1 Å². The summed E-state index contributed by atoms with van der Waals surface area (Å²) in [4.78, 5) is 38.2. The second kappa shape index (κ2) is 6.79. The minimum absolute atomic E-state index is 0.0140. The number of nitrogens with zero attached hydrogens (tertiary/aromatic N) is 3. The minimum Gasteiger partial charge on any atom is -0.348 e. The molecule has 1 aliphatic heterocycles. The Morgan fingerprint density at radius 1 is 1.04 bits per heavy atom. The average molecular weight is 399 g/mol. The Balaban J connectivity index is 1.29. The first kappa shape index (κ1) is 18.0. The van der Waals surface area contributed by atoms with Gasteiger partial charge in [-0.1, -0.05) is 0 Å². The Labute approximate surface area is 168 Å². The first-order valence-electron chi connectivity index (χ1n) is 10.4. The van der Waals surface area contributed by atoms with Crippen molar-refractivity contribution in [3.8, 4) is 0 Å². The van der Waals surface area contributed by atoms with E-state index in [1.807, 2.05) is 18.7 Å². The molecule has 2 aromatic rings. The highest BCUT2D eigenvalue weighted by atomic mass is 32.1. The highest BCUT2D eigenvalue weighted by molar-refractivity contribution is 7.20. The van der Waals surface area contributed by atoms with Gasteiger partial charge in [-0.2, -0.15) is 0 Å². The van der Waals surface area contributed by atoms with Crippen LogP contribution < -0.4 is 5.32 Å². The summed E-state index contributed by atoms with van der Waals surface area (Å²) in [7, 11) is 0. The summed E-state index contributed by atoms with van der Waals surface area (Å²) in [6, 6.07) is 0.134. The standard InChI is InChI=1S/C21H26N4O2S/c1-11-16-12(2)22-18(13-3-4-13)24-20(16)28-17(11)19(26)23-15-7-9-25(10-8-15)21(27)14-5-6-14/h13-15H,3-10H2,1-2H3,(H,23,26). The molecule has 0 bridgehead atoms. The Bertz CT molecular complexity index is 953. The summed E-state index contributed by atoms with van der Waals surface area (Å²) in [5.74, 6) is 2.01. The van der Waals surface area contributed by atoms with Crippen molar-refractivity contribution in [1.29, 1.82) is 0 Å². The van der Waals surface area contributed by atoms with Gasteiger partial charge in [-0.05, 0) is 57.9 Å². The van der Waals surface area contributed by atoms with Crippen molar-refractivity contribution in [3.05, 3.63) is 22.0 Å². The molecule has 3 heterocycles. The quantitative estimate of drug-likeness (QED) is 0.857. The van der Waals surface area contributed by atoms with E-state index in [4.69, 9.17) is 4.98 Å². The summed E-state index contributed by atoms with van der Waals surface area (Å²) in [6.45, 7) is 5.52. The Morgan fingerprint density at radius 3 is 2.39 bits per heavy atom. The number of nitrogens with one attached hydrogen (secondary N) is 1. The Hall–Kier alpha value is -2.02. The Kier molecular flexibility index (Phi) is 4.38. The fourth-order valence-corrected chi connectivity index (χ4v) is 5.33. The molecule has 28 heavy (non-hydrogen) atoms. The molecule has 2 saturated carbocycles. The van der Waals surface area contributed by atoms with Gasteiger partial charge in [-0.3, -0.25) is 9.59 Å². The van der Waals surface area contributed by atoms with Crippen molar-refractivity contribution in [1.82, 2.24) is 20.2 Å². The minimum atomic E-state index is -0.0140. The van der Waals surface area contributed by atoms with E-state index < -0.39 is 0 Å². The number of carbonyl (C=O) groups is 2. The van der Waals surface area contributed by atoms with E-state index in [-0.39, 0.29) is 17.9 Å². The van der Waals surface area contributed by atoms with Crippen molar-refractivity contribution in [3.63, 3.8) is 0 Å². The monoisotopic (exact) mass is 398 g/mol. The van der Waals surface area contributed by atoms with Crippen LogP contribution in [0.25, 0.3) is 10.2 Å². The smallest absolute Gasteiger partial charge is 0.261 e. The predicted molar refractivity (Wildman–Crippen MR) is 109 cm³/mol. The third-order valence-electron chi connectivity index (χ3n) is 6.21. The van der Waals surface area contributed by atoms with Crippen molar-refractivity contribution < 1.29 is 9.59 Å². The SMILES string of the molecule is Cc1nc(C2CC2)nc2sc(C(=O)NC3CCN(C(=O)C4CC4)CC3)c(C)c12. The molecule has 7 heteroatoms. The fourth-order valence-electron chi connectivity index (χ4n) is 4.18. The van der Waals surface area contributed by atoms with Crippen LogP contribution in [-0.4, -0.2) is 45.8 Å². The first-order chi connectivity index (χ1) is 13.5. The second-order valence-electron chi connectivity index (χ2n) is 8.53. The van der Waals surface area contributed by atoms with Gasteiger partial charge >= 0.3 is 0 Å². The average Bonchev–Trinajstić information content (AvgIpc) is 3.59. The molecule has 0 atom stereocenters. The largest absolute Gasteiger partial charge is 0.348 e. The van der Waals surface area contributed by atoms with E-state index in [1.165, 1.54) is 24.2 Å². The zero-order chi connectivity index (χ0) is 19.4. The highest BCUT2D eigenvalue weighted by Crippen LogP contribution is 2.40. The molecule has 0 aromatic carbocycles. The van der Waals surface area contributed by atoms with Gasteiger partial charge in [-0.25, -0.2) is 9.97 Å².